The van der Waals surface area contributed by atoms with Crippen LogP contribution in [0.1, 0.15) is 51.9 Å². The second-order valence-corrected chi connectivity index (χ2v) is 9.22. The average Bonchev–Trinajstić information content (AvgIpc) is 3.17. The van der Waals surface area contributed by atoms with Crippen LogP contribution in [0.2, 0.25) is 0 Å². The number of allylic oxidation sites excluding steroid dienone is 1. The Hall–Kier alpha value is -1.53. The molecule has 2 amide bonds. The largest absolute Gasteiger partial charge is 0.392 e. The number of alkyl halides is 3. The number of amides is 2. The van der Waals surface area contributed by atoms with E-state index in [9.17, 15) is 22.8 Å². The summed E-state index contributed by atoms with van der Waals surface area (Å²) in [6.07, 6.45) is 1.29. The second kappa shape index (κ2) is 6.77. The van der Waals surface area contributed by atoms with Gasteiger partial charge in [-0.1, -0.05) is 18.6 Å². The molecule has 156 valence electrons. The number of nitrogens with zero attached hydrogens (tertiary/aromatic N) is 2. The minimum atomic E-state index is -4.38. The van der Waals surface area contributed by atoms with Crippen LogP contribution in [0.4, 0.5) is 13.2 Å². The first kappa shape index (κ1) is 19.8. The van der Waals surface area contributed by atoms with E-state index in [1.165, 1.54) is 0 Å². The number of fused-ring (bicyclic) bond motifs is 3. The standard InChI is InChI=1S/C21H29F3N2O2/c1-20-10-9-17(27)25(2)16(20)8-5-13-14(20)6-7-15(21(22,23)24)18(13)19(28)26-11-3-4-12-26/h6,13,15-16,18H,3-5,7-12H2,1-2H3/t13?,15?,16?,18?,20-/m1/s1. The summed E-state index contributed by atoms with van der Waals surface area (Å²) < 4.78 is 41.7. The zero-order valence-corrected chi connectivity index (χ0v) is 16.6. The SMILES string of the molecule is CN1C(=O)CC[C@]2(C)C3=CCC(C(F)(F)F)C(C(=O)N4CCCC4)C3CCC12. The van der Waals surface area contributed by atoms with E-state index in [0.717, 1.165) is 18.4 Å². The number of piperidine rings is 1. The van der Waals surface area contributed by atoms with Gasteiger partial charge in [0, 0.05) is 38.0 Å². The fraction of sp³-hybridized carbons (Fsp3) is 0.810. The van der Waals surface area contributed by atoms with E-state index in [4.69, 9.17) is 0 Å². The van der Waals surface area contributed by atoms with Crippen molar-refractivity contribution in [2.75, 3.05) is 20.1 Å². The van der Waals surface area contributed by atoms with E-state index < -0.39 is 18.0 Å². The van der Waals surface area contributed by atoms with Crippen molar-refractivity contribution in [1.82, 2.24) is 9.80 Å². The molecule has 0 spiro atoms. The van der Waals surface area contributed by atoms with Gasteiger partial charge in [0.15, 0.2) is 0 Å². The third kappa shape index (κ3) is 2.96. The number of halogens is 3. The van der Waals surface area contributed by atoms with Crippen molar-refractivity contribution in [2.24, 2.45) is 23.2 Å². The van der Waals surface area contributed by atoms with E-state index in [1.807, 2.05) is 0 Å². The lowest BCUT2D eigenvalue weighted by molar-refractivity contribution is -0.201. The number of hydrogen-bond acceptors (Lipinski definition) is 2. The van der Waals surface area contributed by atoms with E-state index in [1.54, 1.807) is 22.9 Å². The van der Waals surface area contributed by atoms with Gasteiger partial charge in [0.2, 0.25) is 11.8 Å². The topological polar surface area (TPSA) is 40.6 Å². The minimum Gasteiger partial charge on any atom is -0.342 e. The minimum absolute atomic E-state index is 0.0150. The van der Waals surface area contributed by atoms with Crippen LogP contribution in [0, 0.1) is 23.2 Å². The molecule has 3 fully saturated rings. The summed E-state index contributed by atoms with van der Waals surface area (Å²) in [6.45, 7) is 3.23. The van der Waals surface area contributed by atoms with Gasteiger partial charge in [-0.05, 0) is 44.4 Å². The lowest BCUT2D eigenvalue weighted by Crippen LogP contribution is -2.59. The van der Waals surface area contributed by atoms with Crippen molar-refractivity contribution in [3.63, 3.8) is 0 Å². The Morgan fingerprint density at radius 2 is 1.89 bits per heavy atom. The molecule has 0 N–H and O–H groups in total. The molecule has 28 heavy (non-hydrogen) atoms. The number of hydrogen-bond donors (Lipinski definition) is 0. The van der Waals surface area contributed by atoms with E-state index in [-0.39, 0.29) is 35.6 Å². The third-order valence-electron chi connectivity index (χ3n) is 7.85. The van der Waals surface area contributed by atoms with Gasteiger partial charge in [0.1, 0.15) is 0 Å². The normalized spacial score (nSPS) is 38.8. The highest BCUT2D eigenvalue weighted by molar-refractivity contribution is 5.81. The van der Waals surface area contributed by atoms with E-state index in [2.05, 4.69) is 6.92 Å². The maximum absolute atomic E-state index is 13.9. The number of carbonyl (C=O) groups is 2. The van der Waals surface area contributed by atoms with E-state index in [0.29, 0.717) is 38.8 Å². The quantitative estimate of drug-likeness (QED) is 0.631. The molecule has 4 nitrogen and oxygen atoms in total. The summed E-state index contributed by atoms with van der Waals surface area (Å²) in [6, 6.07) is 0.0150. The lowest BCUT2D eigenvalue weighted by atomic mass is 9.54. The highest BCUT2D eigenvalue weighted by atomic mass is 19.4. The summed E-state index contributed by atoms with van der Waals surface area (Å²) >= 11 is 0. The highest BCUT2D eigenvalue weighted by Crippen LogP contribution is 2.58. The van der Waals surface area contributed by atoms with Gasteiger partial charge >= 0.3 is 6.18 Å². The molecule has 5 atom stereocenters. The molecule has 0 aromatic rings. The monoisotopic (exact) mass is 398 g/mol. The predicted octanol–water partition coefficient (Wildman–Crippen LogP) is 3.77. The summed E-state index contributed by atoms with van der Waals surface area (Å²) in [7, 11) is 1.81. The van der Waals surface area contributed by atoms with Crippen molar-refractivity contribution < 1.29 is 22.8 Å². The van der Waals surface area contributed by atoms with Crippen LogP contribution >= 0.6 is 0 Å². The molecule has 7 heteroatoms. The summed E-state index contributed by atoms with van der Waals surface area (Å²) in [5.74, 6) is -3.18. The maximum atomic E-state index is 13.9. The molecule has 0 bridgehead atoms. The van der Waals surface area contributed by atoms with Gasteiger partial charge < -0.3 is 9.80 Å². The summed E-state index contributed by atoms with van der Waals surface area (Å²) in [5.41, 5.74) is 0.673. The number of carbonyl (C=O) groups excluding carboxylic acids is 2. The van der Waals surface area contributed by atoms with Crippen LogP contribution < -0.4 is 0 Å². The van der Waals surface area contributed by atoms with Crippen LogP contribution in [0.25, 0.3) is 0 Å². The van der Waals surface area contributed by atoms with Crippen LogP contribution in [0.3, 0.4) is 0 Å². The third-order valence-corrected chi connectivity index (χ3v) is 7.85. The predicted molar refractivity (Wildman–Crippen MR) is 98.2 cm³/mol. The molecule has 2 aliphatic carbocycles. The van der Waals surface area contributed by atoms with Crippen molar-refractivity contribution in [3.05, 3.63) is 11.6 Å². The van der Waals surface area contributed by atoms with Crippen molar-refractivity contribution in [1.29, 1.82) is 0 Å². The molecule has 4 unspecified atom stereocenters. The van der Waals surface area contributed by atoms with E-state index >= 15 is 0 Å². The molecular formula is C21H29F3N2O2. The van der Waals surface area contributed by atoms with Gasteiger partial charge in [-0.15, -0.1) is 0 Å². The fourth-order valence-corrected chi connectivity index (χ4v) is 6.34. The zero-order valence-electron chi connectivity index (χ0n) is 16.6. The van der Waals surface area contributed by atoms with Crippen LogP contribution in [0.5, 0.6) is 0 Å². The molecule has 2 aliphatic heterocycles. The van der Waals surface area contributed by atoms with Crippen molar-refractivity contribution in [2.45, 2.75) is 64.1 Å². The van der Waals surface area contributed by atoms with Gasteiger partial charge in [-0.2, -0.15) is 13.2 Å². The molecule has 0 aromatic carbocycles. The summed E-state index contributed by atoms with van der Waals surface area (Å²) in [5, 5.41) is 0. The second-order valence-electron chi connectivity index (χ2n) is 9.22. The maximum Gasteiger partial charge on any atom is 0.392 e. The first-order valence-electron chi connectivity index (χ1n) is 10.5. The van der Waals surface area contributed by atoms with Gasteiger partial charge in [0.05, 0.1) is 11.8 Å². The van der Waals surface area contributed by atoms with Gasteiger partial charge in [0.25, 0.3) is 0 Å². The Balaban J connectivity index is 1.71. The first-order chi connectivity index (χ1) is 13.1. The van der Waals surface area contributed by atoms with Crippen LogP contribution in [0.15, 0.2) is 11.6 Å². The van der Waals surface area contributed by atoms with Crippen molar-refractivity contribution >= 4 is 11.8 Å². The number of rotatable bonds is 1. The van der Waals surface area contributed by atoms with Crippen molar-refractivity contribution in [3.8, 4) is 0 Å². The molecular weight excluding hydrogens is 369 g/mol. The first-order valence-corrected chi connectivity index (χ1v) is 10.5. The Bertz CT molecular complexity index is 698. The van der Waals surface area contributed by atoms with Crippen LogP contribution in [-0.2, 0) is 9.59 Å². The molecule has 4 aliphatic rings. The molecule has 4 rings (SSSR count). The Labute approximate surface area is 164 Å². The Morgan fingerprint density at radius 3 is 2.54 bits per heavy atom. The Kier molecular flexibility index (Phi) is 4.78. The van der Waals surface area contributed by atoms with Gasteiger partial charge in [-0.3, -0.25) is 9.59 Å². The van der Waals surface area contributed by atoms with Gasteiger partial charge in [-0.25, -0.2) is 0 Å². The summed E-state index contributed by atoms with van der Waals surface area (Å²) in [4.78, 5) is 28.8. The number of likely N-dealkylation sites (tertiary alicyclic amines) is 2. The lowest BCUT2D eigenvalue weighted by Gasteiger charge is -2.56. The smallest absolute Gasteiger partial charge is 0.342 e. The highest BCUT2D eigenvalue weighted by Gasteiger charge is 2.58. The molecule has 1 saturated carbocycles. The molecule has 2 saturated heterocycles. The zero-order chi connectivity index (χ0) is 20.3. The molecule has 2 heterocycles. The molecule has 0 aromatic heterocycles. The van der Waals surface area contributed by atoms with Crippen LogP contribution in [-0.4, -0.2) is 54.0 Å². The Morgan fingerprint density at radius 1 is 1.21 bits per heavy atom. The molecule has 0 radical (unpaired) electrons. The fourth-order valence-electron chi connectivity index (χ4n) is 6.34. The average molecular weight is 398 g/mol.